The molecule has 0 spiro atoms. The van der Waals surface area contributed by atoms with Gasteiger partial charge in [-0.25, -0.2) is 4.79 Å². The Morgan fingerprint density at radius 2 is 1.72 bits per heavy atom. The summed E-state index contributed by atoms with van der Waals surface area (Å²) in [6.45, 7) is 8.26. The first-order chi connectivity index (χ1) is 15.2. The standard InChI is InChI=1S/C25H33NO6/c1-8-9-32-24(28)20-14(2)26-16-12-25(3,4)13-17(27)22(16)21(20)15-10-18(29-5)23(31-7)19(11-15)30-6/h10-11,21,26H,8-9,12-13H2,1-7H3/t21-/m0/s1. The van der Waals surface area contributed by atoms with Gasteiger partial charge in [0.1, 0.15) is 0 Å². The van der Waals surface area contributed by atoms with Crippen molar-refractivity contribution < 1.29 is 28.5 Å². The minimum absolute atomic E-state index is 0.0239. The Kier molecular flexibility index (Phi) is 6.86. The van der Waals surface area contributed by atoms with E-state index < -0.39 is 11.9 Å². The zero-order valence-corrected chi connectivity index (χ0v) is 20.0. The lowest BCUT2D eigenvalue weighted by Crippen LogP contribution is -2.38. The summed E-state index contributed by atoms with van der Waals surface area (Å²) in [5, 5.41) is 3.34. The molecule has 1 heterocycles. The number of carbonyl (C=O) groups excluding carboxylic acids is 2. The highest BCUT2D eigenvalue weighted by atomic mass is 16.5. The normalized spacial score (nSPS) is 19.8. The smallest absolute Gasteiger partial charge is 0.336 e. The topological polar surface area (TPSA) is 83.1 Å². The van der Waals surface area contributed by atoms with Crippen LogP contribution in [0.4, 0.5) is 0 Å². The lowest BCUT2D eigenvalue weighted by molar-refractivity contribution is -0.139. The Morgan fingerprint density at radius 3 is 2.25 bits per heavy atom. The average Bonchev–Trinajstić information content (AvgIpc) is 2.74. The number of hydrogen-bond acceptors (Lipinski definition) is 7. The number of allylic oxidation sites excluding steroid dienone is 3. The summed E-state index contributed by atoms with van der Waals surface area (Å²) in [6, 6.07) is 3.60. The first-order valence-electron chi connectivity index (χ1n) is 10.9. The van der Waals surface area contributed by atoms with Gasteiger partial charge in [-0.3, -0.25) is 4.79 Å². The van der Waals surface area contributed by atoms with E-state index in [-0.39, 0.29) is 11.2 Å². The summed E-state index contributed by atoms with van der Waals surface area (Å²) in [4.78, 5) is 26.5. The van der Waals surface area contributed by atoms with Gasteiger partial charge in [0.25, 0.3) is 0 Å². The van der Waals surface area contributed by atoms with Crippen molar-refractivity contribution in [1.29, 1.82) is 0 Å². The second-order valence-corrected chi connectivity index (χ2v) is 9.02. The quantitative estimate of drug-likeness (QED) is 0.630. The Hall–Kier alpha value is -2.96. The van der Waals surface area contributed by atoms with E-state index in [0.717, 1.165) is 5.70 Å². The molecule has 0 amide bonds. The Bertz CT molecular complexity index is 963. The number of hydrogen-bond donors (Lipinski definition) is 1. The molecule has 174 valence electrons. The Balaban J connectivity index is 2.25. The highest BCUT2D eigenvalue weighted by Gasteiger charge is 2.43. The minimum Gasteiger partial charge on any atom is -0.493 e. The molecule has 0 bridgehead atoms. The molecule has 7 nitrogen and oxygen atoms in total. The van der Waals surface area contributed by atoms with E-state index in [4.69, 9.17) is 18.9 Å². The number of methoxy groups -OCH3 is 3. The second-order valence-electron chi connectivity index (χ2n) is 9.02. The van der Waals surface area contributed by atoms with Gasteiger partial charge in [-0.15, -0.1) is 0 Å². The third kappa shape index (κ3) is 4.33. The molecule has 0 saturated heterocycles. The molecule has 1 aliphatic heterocycles. The third-order valence-electron chi connectivity index (χ3n) is 5.92. The number of ether oxygens (including phenoxy) is 4. The van der Waals surface area contributed by atoms with Gasteiger partial charge in [-0.2, -0.15) is 0 Å². The number of dihydropyridines is 1. The number of esters is 1. The van der Waals surface area contributed by atoms with Crippen molar-refractivity contribution in [2.24, 2.45) is 5.41 Å². The predicted octanol–water partition coefficient (Wildman–Crippen LogP) is 4.27. The molecule has 1 atom stereocenters. The largest absolute Gasteiger partial charge is 0.493 e. The molecule has 3 rings (SSSR count). The van der Waals surface area contributed by atoms with Crippen LogP contribution in [-0.2, 0) is 14.3 Å². The highest BCUT2D eigenvalue weighted by Crippen LogP contribution is 2.49. The first-order valence-corrected chi connectivity index (χ1v) is 10.9. The van der Waals surface area contributed by atoms with Crippen LogP contribution in [0.15, 0.2) is 34.7 Å². The zero-order valence-electron chi connectivity index (χ0n) is 20.0. The molecule has 0 radical (unpaired) electrons. The van der Waals surface area contributed by atoms with Crippen molar-refractivity contribution in [3.63, 3.8) is 0 Å². The van der Waals surface area contributed by atoms with E-state index in [2.05, 4.69) is 19.2 Å². The summed E-state index contributed by atoms with van der Waals surface area (Å²) < 4.78 is 22.0. The lowest BCUT2D eigenvalue weighted by atomic mass is 9.68. The highest BCUT2D eigenvalue weighted by molar-refractivity contribution is 6.04. The van der Waals surface area contributed by atoms with E-state index in [1.165, 1.54) is 7.11 Å². The van der Waals surface area contributed by atoms with Gasteiger partial charge in [0, 0.05) is 29.3 Å². The van der Waals surface area contributed by atoms with E-state index >= 15 is 0 Å². The van der Waals surface area contributed by atoms with Crippen LogP contribution in [0.3, 0.4) is 0 Å². The molecular formula is C25H33NO6. The predicted molar refractivity (Wildman–Crippen MR) is 121 cm³/mol. The monoisotopic (exact) mass is 443 g/mol. The molecule has 7 heteroatoms. The van der Waals surface area contributed by atoms with Crippen LogP contribution < -0.4 is 19.5 Å². The van der Waals surface area contributed by atoms with Crippen molar-refractivity contribution in [2.45, 2.75) is 52.9 Å². The first kappa shape index (κ1) is 23.7. The maximum atomic E-state index is 13.4. The van der Waals surface area contributed by atoms with Crippen molar-refractivity contribution in [3.8, 4) is 17.2 Å². The molecule has 2 aliphatic rings. The fraction of sp³-hybridized carbons (Fsp3) is 0.520. The fourth-order valence-electron chi connectivity index (χ4n) is 4.58. The number of nitrogens with one attached hydrogen (secondary N) is 1. The molecule has 1 aromatic rings. The van der Waals surface area contributed by atoms with E-state index in [0.29, 0.717) is 65.5 Å². The van der Waals surface area contributed by atoms with Crippen LogP contribution in [0.5, 0.6) is 17.2 Å². The fourth-order valence-corrected chi connectivity index (χ4v) is 4.58. The molecule has 0 aromatic heterocycles. The zero-order chi connectivity index (χ0) is 23.6. The summed E-state index contributed by atoms with van der Waals surface area (Å²) in [7, 11) is 4.62. The molecule has 0 saturated carbocycles. The van der Waals surface area contributed by atoms with Gasteiger partial charge >= 0.3 is 5.97 Å². The van der Waals surface area contributed by atoms with Crippen molar-refractivity contribution in [1.82, 2.24) is 5.32 Å². The van der Waals surface area contributed by atoms with Crippen LogP contribution in [0.25, 0.3) is 0 Å². The van der Waals surface area contributed by atoms with Crippen molar-refractivity contribution in [2.75, 3.05) is 27.9 Å². The molecule has 0 unspecified atom stereocenters. The van der Waals surface area contributed by atoms with E-state index in [1.807, 2.05) is 13.8 Å². The van der Waals surface area contributed by atoms with Gasteiger partial charge in [0.05, 0.1) is 33.5 Å². The number of benzene rings is 1. The van der Waals surface area contributed by atoms with Crippen LogP contribution in [-0.4, -0.2) is 39.7 Å². The SMILES string of the molecule is CCCOC(=O)C1=C(C)NC2=C(C(=O)CC(C)(C)C2)[C@H]1c1cc(OC)c(OC)c(OC)c1. The lowest BCUT2D eigenvalue weighted by Gasteiger charge is -2.39. The summed E-state index contributed by atoms with van der Waals surface area (Å²) in [6.07, 6.45) is 1.83. The number of carbonyl (C=O) groups is 2. The van der Waals surface area contributed by atoms with E-state index in [1.54, 1.807) is 26.4 Å². The molecule has 1 aliphatic carbocycles. The minimum atomic E-state index is -0.590. The average molecular weight is 444 g/mol. The van der Waals surface area contributed by atoms with Crippen molar-refractivity contribution >= 4 is 11.8 Å². The third-order valence-corrected chi connectivity index (χ3v) is 5.92. The molecule has 0 fully saturated rings. The van der Waals surface area contributed by atoms with Crippen LogP contribution in [0.2, 0.25) is 0 Å². The van der Waals surface area contributed by atoms with Crippen LogP contribution in [0, 0.1) is 5.41 Å². The summed E-state index contributed by atoms with van der Waals surface area (Å²) >= 11 is 0. The Labute approximate surface area is 189 Å². The van der Waals surface area contributed by atoms with Gasteiger partial charge in [0.2, 0.25) is 5.75 Å². The van der Waals surface area contributed by atoms with Crippen LogP contribution in [0.1, 0.15) is 58.4 Å². The van der Waals surface area contributed by atoms with Gasteiger partial charge in [-0.1, -0.05) is 20.8 Å². The molecule has 1 aromatic carbocycles. The maximum absolute atomic E-state index is 13.4. The second kappa shape index (κ2) is 9.27. The van der Waals surface area contributed by atoms with Gasteiger partial charge < -0.3 is 24.3 Å². The molecule has 32 heavy (non-hydrogen) atoms. The summed E-state index contributed by atoms with van der Waals surface area (Å²) in [5.41, 5.74) is 3.13. The van der Waals surface area contributed by atoms with Crippen molar-refractivity contribution in [3.05, 3.63) is 40.2 Å². The van der Waals surface area contributed by atoms with Gasteiger partial charge in [0.15, 0.2) is 17.3 Å². The summed E-state index contributed by atoms with van der Waals surface area (Å²) in [5.74, 6) is 0.382. The molecule has 1 N–H and O–H groups in total. The maximum Gasteiger partial charge on any atom is 0.336 e. The van der Waals surface area contributed by atoms with Gasteiger partial charge in [-0.05, 0) is 42.9 Å². The number of Topliss-reactive ketones (excluding diaryl/α,β-unsaturated/α-hetero) is 1. The Morgan fingerprint density at radius 1 is 1.09 bits per heavy atom. The van der Waals surface area contributed by atoms with E-state index in [9.17, 15) is 9.59 Å². The molecular weight excluding hydrogens is 410 g/mol. The van der Waals surface area contributed by atoms with Crippen LogP contribution >= 0.6 is 0 Å². The number of rotatable bonds is 7. The number of ketones is 1.